The molecular formula is C16H23NO. The first-order valence-electron chi connectivity index (χ1n) is 7.35. The van der Waals surface area contributed by atoms with Gasteiger partial charge < -0.3 is 9.64 Å². The number of rotatable bonds is 3. The average Bonchev–Trinajstić information content (AvgIpc) is 2.88. The molecule has 1 fully saturated rings. The fourth-order valence-corrected chi connectivity index (χ4v) is 3.41. The van der Waals surface area contributed by atoms with Crippen molar-refractivity contribution in [2.45, 2.75) is 38.5 Å². The number of ether oxygens (including phenoxy) is 1. The van der Waals surface area contributed by atoms with Gasteiger partial charge in [0.1, 0.15) is 5.75 Å². The van der Waals surface area contributed by atoms with Crippen molar-refractivity contribution in [3.8, 4) is 5.75 Å². The van der Waals surface area contributed by atoms with E-state index in [1.54, 1.807) is 5.56 Å². The molecule has 1 aromatic rings. The SMILES string of the molecule is CCCN1CCC(c2cccc3c2CCO3)CC1. The number of piperidine rings is 1. The second-order valence-electron chi connectivity index (χ2n) is 5.54. The molecule has 1 saturated heterocycles. The first-order valence-corrected chi connectivity index (χ1v) is 7.35. The van der Waals surface area contributed by atoms with Crippen LogP contribution in [0.4, 0.5) is 0 Å². The molecule has 2 heterocycles. The van der Waals surface area contributed by atoms with Gasteiger partial charge in [-0.25, -0.2) is 0 Å². The zero-order valence-corrected chi connectivity index (χ0v) is 11.3. The summed E-state index contributed by atoms with van der Waals surface area (Å²) in [5, 5.41) is 0. The predicted octanol–water partition coefficient (Wildman–Crippen LogP) is 3.21. The number of hydrogen-bond donors (Lipinski definition) is 0. The summed E-state index contributed by atoms with van der Waals surface area (Å²) in [5.74, 6) is 1.90. The molecule has 1 aromatic carbocycles. The van der Waals surface area contributed by atoms with Crippen molar-refractivity contribution in [2.24, 2.45) is 0 Å². The standard InChI is InChI=1S/C16H23NO/c1-2-9-17-10-6-13(7-11-17)14-4-3-5-16-15(14)8-12-18-16/h3-5,13H,2,6-12H2,1H3. The third-order valence-electron chi connectivity index (χ3n) is 4.35. The molecule has 0 unspecified atom stereocenters. The van der Waals surface area contributed by atoms with Gasteiger partial charge in [-0.2, -0.15) is 0 Å². The van der Waals surface area contributed by atoms with Crippen LogP contribution in [-0.4, -0.2) is 31.1 Å². The quantitative estimate of drug-likeness (QED) is 0.811. The molecule has 2 nitrogen and oxygen atoms in total. The van der Waals surface area contributed by atoms with E-state index < -0.39 is 0 Å². The number of likely N-dealkylation sites (tertiary alicyclic amines) is 1. The van der Waals surface area contributed by atoms with E-state index in [9.17, 15) is 0 Å². The van der Waals surface area contributed by atoms with Crippen molar-refractivity contribution in [1.29, 1.82) is 0 Å². The Labute approximate surface area is 110 Å². The zero-order valence-electron chi connectivity index (χ0n) is 11.3. The molecule has 0 radical (unpaired) electrons. The second-order valence-corrected chi connectivity index (χ2v) is 5.54. The van der Waals surface area contributed by atoms with Crippen LogP contribution >= 0.6 is 0 Å². The number of benzene rings is 1. The molecule has 2 aliphatic heterocycles. The Balaban J connectivity index is 1.71. The lowest BCUT2D eigenvalue weighted by atomic mass is 9.86. The van der Waals surface area contributed by atoms with Gasteiger partial charge in [-0.3, -0.25) is 0 Å². The Morgan fingerprint density at radius 2 is 2.11 bits per heavy atom. The Hall–Kier alpha value is -1.02. The summed E-state index contributed by atoms with van der Waals surface area (Å²) in [6.07, 6.45) is 5.02. The summed E-state index contributed by atoms with van der Waals surface area (Å²) in [6.45, 7) is 6.95. The molecule has 18 heavy (non-hydrogen) atoms. The predicted molar refractivity (Wildman–Crippen MR) is 74.3 cm³/mol. The lowest BCUT2D eigenvalue weighted by molar-refractivity contribution is 0.212. The van der Waals surface area contributed by atoms with Gasteiger partial charge in [0.2, 0.25) is 0 Å². The maximum Gasteiger partial charge on any atom is 0.122 e. The van der Waals surface area contributed by atoms with Crippen molar-refractivity contribution < 1.29 is 4.74 Å². The monoisotopic (exact) mass is 245 g/mol. The fraction of sp³-hybridized carbons (Fsp3) is 0.625. The van der Waals surface area contributed by atoms with Crippen molar-refractivity contribution in [1.82, 2.24) is 4.90 Å². The maximum atomic E-state index is 5.68. The zero-order chi connectivity index (χ0) is 12.4. The summed E-state index contributed by atoms with van der Waals surface area (Å²) >= 11 is 0. The highest BCUT2D eigenvalue weighted by molar-refractivity contribution is 5.44. The van der Waals surface area contributed by atoms with Crippen LogP contribution < -0.4 is 4.74 Å². The van der Waals surface area contributed by atoms with Gasteiger partial charge in [-0.1, -0.05) is 19.1 Å². The lowest BCUT2D eigenvalue weighted by Crippen LogP contribution is -2.33. The highest BCUT2D eigenvalue weighted by Gasteiger charge is 2.25. The molecule has 0 spiro atoms. The maximum absolute atomic E-state index is 5.68. The normalized spacial score (nSPS) is 20.7. The van der Waals surface area contributed by atoms with E-state index in [1.807, 2.05) is 0 Å². The Morgan fingerprint density at radius 1 is 1.28 bits per heavy atom. The largest absolute Gasteiger partial charge is 0.493 e. The second kappa shape index (κ2) is 5.31. The molecular weight excluding hydrogens is 222 g/mol. The van der Waals surface area contributed by atoms with E-state index in [2.05, 4.69) is 30.0 Å². The summed E-state index contributed by atoms with van der Waals surface area (Å²) in [4.78, 5) is 2.61. The Kier molecular flexibility index (Phi) is 3.55. The highest BCUT2D eigenvalue weighted by atomic mass is 16.5. The van der Waals surface area contributed by atoms with Crippen molar-refractivity contribution in [3.63, 3.8) is 0 Å². The van der Waals surface area contributed by atoms with Crippen LogP contribution in [-0.2, 0) is 6.42 Å². The van der Waals surface area contributed by atoms with Gasteiger partial charge >= 0.3 is 0 Å². The molecule has 0 N–H and O–H groups in total. The van der Waals surface area contributed by atoms with E-state index in [4.69, 9.17) is 4.74 Å². The first-order chi connectivity index (χ1) is 8.88. The van der Waals surface area contributed by atoms with E-state index >= 15 is 0 Å². The molecule has 2 aliphatic rings. The van der Waals surface area contributed by atoms with Gasteiger partial charge in [0.25, 0.3) is 0 Å². The Morgan fingerprint density at radius 3 is 2.89 bits per heavy atom. The number of hydrogen-bond acceptors (Lipinski definition) is 2. The molecule has 2 heteroatoms. The van der Waals surface area contributed by atoms with Crippen LogP contribution in [0.15, 0.2) is 18.2 Å². The topological polar surface area (TPSA) is 12.5 Å². The van der Waals surface area contributed by atoms with Gasteiger partial charge in [-0.05, 0) is 56.4 Å². The van der Waals surface area contributed by atoms with E-state index in [0.717, 1.165) is 24.7 Å². The van der Waals surface area contributed by atoms with Crippen LogP contribution in [0.5, 0.6) is 5.75 Å². The summed E-state index contributed by atoms with van der Waals surface area (Å²) in [6, 6.07) is 6.61. The minimum absolute atomic E-state index is 0.759. The van der Waals surface area contributed by atoms with Gasteiger partial charge in [0.15, 0.2) is 0 Å². The fourth-order valence-electron chi connectivity index (χ4n) is 3.41. The first kappa shape index (κ1) is 12.0. The van der Waals surface area contributed by atoms with Gasteiger partial charge in [0.05, 0.1) is 6.61 Å². The average molecular weight is 245 g/mol. The van der Waals surface area contributed by atoms with E-state index in [1.165, 1.54) is 44.5 Å². The van der Waals surface area contributed by atoms with E-state index in [-0.39, 0.29) is 0 Å². The van der Waals surface area contributed by atoms with Crippen LogP contribution in [0.25, 0.3) is 0 Å². The minimum Gasteiger partial charge on any atom is -0.493 e. The Bertz CT molecular complexity index is 408. The molecule has 0 amide bonds. The van der Waals surface area contributed by atoms with Crippen molar-refractivity contribution in [3.05, 3.63) is 29.3 Å². The highest BCUT2D eigenvalue weighted by Crippen LogP contribution is 2.36. The van der Waals surface area contributed by atoms with Gasteiger partial charge in [0, 0.05) is 12.0 Å². The lowest BCUT2D eigenvalue weighted by Gasteiger charge is -2.32. The molecule has 0 aromatic heterocycles. The summed E-state index contributed by atoms with van der Waals surface area (Å²) < 4.78 is 5.68. The van der Waals surface area contributed by atoms with Crippen molar-refractivity contribution in [2.75, 3.05) is 26.2 Å². The minimum atomic E-state index is 0.759. The van der Waals surface area contributed by atoms with Gasteiger partial charge in [-0.15, -0.1) is 0 Å². The number of fused-ring (bicyclic) bond motifs is 1. The number of nitrogens with zero attached hydrogens (tertiary/aromatic N) is 1. The third-order valence-corrected chi connectivity index (χ3v) is 4.35. The van der Waals surface area contributed by atoms with Crippen LogP contribution in [0.1, 0.15) is 43.2 Å². The molecule has 0 aliphatic carbocycles. The summed E-state index contributed by atoms with van der Waals surface area (Å²) in [7, 11) is 0. The van der Waals surface area contributed by atoms with Crippen LogP contribution in [0, 0.1) is 0 Å². The van der Waals surface area contributed by atoms with Crippen molar-refractivity contribution >= 4 is 0 Å². The molecule has 0 saturated carbocycles. The van der Waals surface area contributed by atoms with E-state index in [0.29, 0.717) is 0 Å². The molecule has 3 rings (SSSR count). The third kappa shape index (κ3) is 2.26. The molecule has 0 bridgehead atoms. The van der Waals surface area contributed by atoms with Crippen LogP contribution in [0.3, 0.4) is 0 Å². The summed E-state index contributed by atoms with van der Waals surface area (Å²) in [5.41, 5.74) is 3.06. The van der Waals surface area contributed by atoms with Crippen LogP contribution in [0.2, 0.25) is 0 Å². The molecule has 0 atom stereocenters. The smallest absolute Gasteiger partial charge is 0.122 e. The molecule has 98 valence electrons.